The van der Waals surface area contributed by atoms with Crippen LogP contribution in [0.3, 0.4) is 0 Å². The van der Waals surface area contributed by atoms with E-state index in [0.29, 0.717) is 19.6 Å². The number of ether oxygens (including phenoxy) is 2. The maximum absolute atomic E-state index is 13.4. The van der Waals surface area contributed by atoms with Gasteiger partial charge in [-0.15, -0.1) is 0 Å². The Morgan fingerprint density at radius 1 is 1.09 bits per heavy atom. The number of nitrogens with zero attached hydrogens (tertiary/aromatic N) is 3. The van der Waals surface area contributed by atoms with E-state index in [0.717, 1.165) is 60.2 Å². The van der Waals surface area contributed by atoms with Crippen molar-refractivity contribution in [2.45, 2.75) is 39.2 Å². The quantitative estimate of drug-likeness (QED) is 0.642. The zero-order valence-electron chi connectivity index (χ0n) is 19.3. The van der Waals surface area contributed by atoms with Crippen LogP contribution in [0.5, 0.6) is 11.5 Å². The van der Waals surface area contributed by atoms with Crippen LogP contribution in [0.25, 0.3) is 0 Å². The molecule has 0 aromatic heterocycles. The van der Waals surface area contributed by atoms with Gasteiger partial charge in [-0.1, -0.05) is 31.2 Å². The number of carbonyl (C=O) groups is 1. The number of hydrogen-bond donors (Lipinski definition) is 0. The Morgan fingerprint density at radius 2 is 1.81 bits per heavy atom. The highest BCUT2D eigenvalue weighted by molar-refractivity contribution is 6.05. The van der Waals surface area contributed by atoms with E-state index in [1.807, 2.05) is 55.5 Å². The standard InChI is InChI=1S/C26H33N3O3/c1-4-32-21-11-9-20(10-12-21)24-17-23(22-7-5-6-8-25(22)31-3)27-29(24)26(30)18-28-15-13-19(2)14-16-28/h5-12,19,24H,4,13-18H2,1-3H3/t24-/m1/s1. The number of methoxy groups -OCH3 is 1. The molecule has 1 amide bonds. The van der Waals surface area contributed by atoms with Crippen molar-refractivity contribution >= 4 is 11.6 Å². The summed E-state index contributed by atoms with van der Waals surface area (Å²) >= 11 is 0. The molecule has 1 atom stereocenters. The Morgan fingerprint density at radius 3 is 2.50 bits per heavy atom. The molecule has 0 saturated carbocycles. The second-order valence-electron chi connectivity index (χ2n) is 8.67. The molecule has 4 rings (SSSR count). The predicted molar refractivity (Wildman–Crippen MR) is 126 cm³/mol. The van der Waals surface area contributed by atoms with Gasteiger partial charge >= 0.3 is 0 Å². The normalized spacial score (nSPS) is 19.7. The zero-order chi connectivity index (χ0) is 22.5. The molecule has 6 nitrogen and oxygen atoms in total. The molecule has 2 aromatic carbocycles. The molecular formula is C26H33N3O3. The average Bonchev–Trinajstić information content (AvgIpc) is 3.27. The first-order valence-corrected chi connectivity index (χ1v) is 11.6. The third-order valence-electron chi connectivity index (χ3n) is 6.39. The Balaban J connectivity index is 1.59. The van der Waals surface area contributed by atoms with Crippen LogP contribution in [0.1, 0.15) is 50.3 Å². The van der Waals surface area contributed by atoms with E-state index >= 15 is 0 Å². The summed E-state index contributed by atoms with van der Waals surface area (Å²) in [6.07, 6.45) is 2.94. The predicted octanol–water partition coefficient (Wildman–Crippen LogP) is 4.50. The maximum Gasteiger partial charge on any atom is 0.257 e. The molecule has 2 heterocycles. The van der Waals surface area contributed by atoms with Gasteiger partial charge in [-0.25, -0.2) is 5.01 Å². The number of benzene rings is 2. The van der Waals surface area contributed by atoms with E-state index in [1.54, 1.807) is 12.1 Å². The van der Waals surface area contributed by atoms with E-state index in [4.69, 9.17) is 14.6 Å². The maximum atomic E-state index is 13.4. The Labute approximate surface area is 190 Å². The first-order valence-electron chi connectivity index (χ1n) is 11.6. The number of piperidine rings is 1. The SMILES string of the molecule is CCOc1ccc([C@H]2CC(c3ccccc3OC)=NN2C(=O)CN2CCC(C)CC2)cc1. The number of para-hydroxylation sites is 1. The zero-order valence-corrected chi connectivity index (χ0v) is 19.3. The van der Waals surface area contributed by atoms with Gasteiger partial charge in [-0.05, 0) is 68.6 Å². The molecule has 0 aliphatic carbocycles. The fraction of sp³-hybridized carbons (Fsp3) is 0.462. The van der Waals surface area contributed by atoms with Gasteiger partial charge in [-0.2, -0.15) is 5.10 Å². The third-order valence-corrected chi connectivity index (χ3v) is 6.39. The van der Waals surface area contributed by atoms with Crippen LogP contribution in [0.4, 0.5) is 0 Å². The summed E-state index contributed by atoms with van der Waals surface area (Å²) in [5, 5.41) is 6.52. The molecule has 2 aliphatic heterocycles. The number of hydrogen-bond acceptors (Lipinski definition) is 5. The number of rotatable bonds is 7. The van der Waals surface area contributed by atoms with Gasteiger partial charge in [0.25, 0.3) is 5.91 Å². The van der Waals surface area contributed by atoms with Crippen molar-refractivity contribution in [2.75, 3.05) is 33.4 Å². The first-order chi connectivity index (χ1) is 15.6. The van der Waals surface area contributed by atoms with Gasteiger partial charge in [0.1, 0.15) is 11.5 Å². The molecule has 6 heteroatoms. The monoisotopic (exact) mass is 435 g/mol. The van der Waals surface area contributed by atoms with Gasteiger partial charge in [0.2, 0.25) is 0 Å². The Hall–Kier alpha value is -2.86. The fourth-order valence-corrected chi connectivity index (χ4v) is 4.48. The van der Waals surface area contributed by atoms with Gasteiger partial charge in [0.05, 0.1) is 32.0 Å². The van der Waals surface area contributed by atoms with Gasteiger partial charge < -0.3 is 9.47 Å². The van der Waals surface area contributed by atoms with Crippen LogP contribution in [0, 0.1) is 5.92 Å². The van der Waals surface area contributed by atoms with Crippen LogP contribution in [-0.2, 0) is 4.79 Å². The molecule has 1 fully saturated rings. The van der Waals surface area contributed by atoms with Crippen molar-refractivity contribution in [3.63, 3.8) is 0 Å². The lowest BCUT2D eigenvalue weighted by Gasteiger charge is -2.31. The number of amides is 1. The van der Waals surface area contributed by atoms with Crippen LogP contribution in [0.2, 0.25) is 0 Å². The lowest BCUT2D eigenvalue weighted by atomic mass is 9.97. The van der Waals surface area contributed by atoms with Crippen molar-refractivity contribution < 1.29 is 14.3 Å². The van der Waals surface area contributed by atoms with E-state index in [2.05, 4.69) is 11.8 Å². The average molecular weight is 436 g/mol. The highest BCUT2D eigenvalue weighted by Crippen LogP contribution is 2.35. The molecule has 170 valence electrons. The van der Waals surface area contributed by atoms with E-state index in [1.165, 1.54) is 0 Å². The van der Waals surface area contributed by atoms with Crippen LogP contribution >= 0.6 is 0 Å². The molecule has 32 heavy (non-hydrogen) atoms. The van der Waals surface area contributed by atoms with Gasteiger partial charge in [0, 0.05) is 12.0 Å². The van der Waals surface area contributed by atoms with Crippen molar-refractivity contribution in [3.8, 4) is 11.5 Å². The second-order valence-corrected chi connectivity index (χ2v) is 8.67. The van der Waals surface area contributed by atoms with Crippen molar-refractivity contribution in [2.24, 2.45) is 11.0 Å². The summed E-state index contributed by atoms with van der Waals surface area (Å²) in [4.78, 5) is 15.7. The minimum atomic E-state index is -0.137. The summed E-state index contributed by atoms with van der Waals surface area (Å²) in [5.74, 6) is 2.39. The van der Waals surface area contributed by atoms with E-state index in [9.17, 15) is 4.79 Å². The lowest BCUT2D eigenvalue weighted by Crippen LogP contribution is -2.41. The summed E-state index contributed by atoms with van der Waals surface area (Å²) in [5.41, 5.74) is 2.87. The summed E-state index contributed by atoms with van der Waals surface area (Å²) in [6, 6.07) is 15.7. The molecular weight excluding hydrogens is 402 g/mol. The second kappa shape index (κ2) is 10.2. The summed E-state index contributed by atoms with van der Waals surface area (Å²) in [7, 11) is 1.67. The fourth-order valence-electron chi connectivity index (χ4n) is 4.48. The topological polar surface area (TPSA) is 54.4 Å². The molecule has 0 spiro atoms. The largest absolute Gasteiger partial charge is 0.496 e. The molecule has 0 bridgehead atoms. The molecule has 1 saturated heterocycles. The molecule has 2 aromatic rings. The van der Waals surface area contributed by atoms with E-state index < -0.39 is 0 Å². The van der Waals surface area contributed by atoms with E-state index in [-0.39, 0.29) is 11.9 Å². The van der Waals surface area contributed by atoms with Crippen molar-refractivity contribution in [1.82, 2.24) is 9.91 Å². The van der Waals surface area contributed by atoms with Crippen LogP contribution < -0.4 is 9.47 Å². The number of hydrazone groups is 1. The van der Waals surface area contributed by atoms with Crippen molar-refractivity contribution in [3.05, 3.63) is 59.7 Å². The van der Waals surface area contributed by atoms with Crippen LogP contribution in [-0.4, -0.2) is 54.9 Å². The Kier molecular flexibility index (Phi) is 7.10. The molecule has 0 unspecified atom stereocenters. The summed E-state index contributed by atoms with van der Waals surface area (Å²) < 4.78 is 11.2. The smallest absolute Gasteiger partial charge is 0.257 e. The molecule has 0 radical (unpaired) electrons. The highest BCUT2D eigenvalue weighted by atomic mass is 16.5. The van der Waals surface area contributed by atoms with Crippen molar-refractivity contribution in [1.29, 1.82) is 0 Å². The Bertz CT molecular complexity index is 949. The minimum absolute atomic E-state index is 0.0448. The molecule has 0 N–H and O–H groups in total. The summed E-state index contributed by atoms with van der Waals surface area (Å²) in [6.45, 7) is 7.23. The lowest BCUT2D eigenvalue weighted by molar-refractivity contribution is -0.134. The first kappa shape index (κ1) is 22.3. The number of carbonyl (C=O) groups excluding carboxylic acids is 1. The van der Waals surface area contributed by atoms with Crippen LogP contribution in [0.15, 0.2) is 53.6 Å². The third kappa shape index (κ3) is 4.96. The van der Waals surface area contributed by atoms with Gasteiger partial charge in [0.15, 0.2) is 0 Å². The number of likely N-dealkylation sites (tertiary alicyclic amines) is 1. The molecule has 2 aliphatic rings. The minimum Gasteiger partial charge on any atom is -0.496 e. The highest BCUT2D eigenvalue weighted by Gasteiger charge is 2.34. The van der Waals surface area contributed by atoms with Gasteiger partial charge in [-0.3, -0.25) is 9.69 Å².